The lowest BCUT2D eigenvalue weighted by molar-refractivity contribution is 0.0697. The second kappa shape index (κ2) is 4.21. The molecular weight excluding hydrogens is 225 g/mol. The van der Waals surface area contributed by atoms with Gasteiger partial charge in [0.05, 0.1) is 11.3 Å². The second-order valence-electron chi connectivity index (χ2n) is 3.43. The molecule has 0 aliphatic heterocycles. The lowest BCUT2D eigenvalue weighted by Gasteiger charge is -2.05. The Morgan fingerprint density at radius 1 is 1.24 bits per heavy atom. The predicted octanol–water partition coefficient (Wildman–Crippen LogP) is 1.88. The fraction of sp³-hybridized carbons (Fsp3) is 0. The smallest absolute Gasteiger partial charge is 0.337 e. The van der Waals surface area contributed by atoms with Crippen LogP contribution in [-0.4, -0.2) is 16.1 Å². The van der Waals surface area contributed by atoms with Crippen molar-refractivity contribution in [1.82, 2.24) is 4.98 Å². The summed E-state index contributed by atoms with van der Waals surface area (Å²) < 4.78 is 13.0. The molecule has 0 aliphatic carbocycles. The fourth-order valence-electron chi connectivity index (χ4n) is 1.52. The first-order valence-electron chi connectivity index (χ1n) is 4.80. The summed E-state index contributed by atoms with van der Waals surface area (Å²) >= 11 is 0. The number of H-pyrrole nitrogens is 1. The van der Waals surface area contributed by atoms with Crippen molar-refractivity contribution in [3.05, 3.63) is 58.1 Å². The molecule has 2 aromatic rings. The van der Waals surface area contributed by atoms with Crippen LogP contribution in [0.15, 0.2) is 41.2 Å². The lowest BCUT2D eigenvalue weighted by atomic mass is 10.1. The van der Waals surface area contributed by atoms with Crippen molar-refractivity contribution in [3.63, 3.8) is 0 Å². The molecule has 0 radical (unpaired) electrons. The van der Waals surface area contributed by atoms with E-state index in [0.29, 0.717) is 5.56 Å². The largest absolute Gasteiger partial charge is 0.478 e. The van der Waals surface area contributed by atoms with Crippen LogP contribution in [0.5, 0.6) is 0 Å². The van der Waals surface area contributed by atoms with Gasteiger partial charge in [0.25, 0.3) is 0 Å². The average Bonchev–Trinajstić information content (AvgIpc) is 2.28. The number of hydrogen-bond acceptors (Lipinski definition) is 2. The molecule has 0 amide bonds. The first kappa shape index (κ1) is 11.1. The Morgan fingerprint density at radius 2 is 2.00 bits per heavy atom. The molecule has 0 atom stereocenters. The van der Waals surface area contributed by atoms with E-state index in [1.165, 1.54) is 24.3 Å². The Balaban J connectivity index is 2.69. The zero-order chi connectivity index (χ0) is 12.4. The molecule has 0 saturated heterocycles. The van der Waals surface area contributed by atoms with Gasteiger partial charge in [-0.25, -0.2) is 9.18 Å². The van der Waals surface area contributed by atoms with Crippen molar-refractivity contribution in [1.29, 1.82) is 0 Å². The molecule has 2 rings (SSSR count). The Morgan fingerprint density at radius 3 is 2.65 bits per heavy atom. The minimum Gasteiger partial charge on any atom is -0.478 e. The normalized spacial score (nSPS) is 10.2. The molecule has 0 bridgehead atoms. The Bertz CT molecular complexity index is 634. The van der Waals surface area contributed by atoms with Crippen LogP contribution in [0.1, 0.15) is 10.4 Å². The van der Waals surface area contributed by atoms with Gasteiger partial charge in [0, 0.05) is 11.6 Å². The monoisotopic (exact) mass is 233 g/mol. The number of nitrogens with one attached hydrogen (secondary N) is 1. The zero-order valence-corrected chi connectivity index (χ0v) is 8.61. The fourth-order valence-corrected chi connectivity index (χ4v) is 1.52. The number of benzene rings is 1. The van der Waals surface area contributed by atoms with Gasteiger partial charge in [0.15, 0.2) is 0 Å². The van der Waals surface area contributed by atoms with Gasteiger partial charge in [-0.15, -0.1) is 0 Å². The van der Waals surface area contributed by atoms with E-state index in [-0.39, 0.29) is 11.3 Å². The van der Waals surface area contributed by atoms with Gasteiger partial charge >= 0.3 is 5.97 Å². The van der Waals surface area contributed by atoms with Gasteiger partial charge in [-0.2, -0.15) is 0 Å². The van der Waals surface area contributed by atoms with E-state index in [4.69, 9.17) is 5.11 Å². The van der Waals surface area contributed by atoms with Gasteiger partial charge in [0.2, 0.25) is 5.56 Å². The van der Waals surface area contributed by atoms with Crippen molar-refractivity contribution in [3.8, 4) is 11.3 Å². The Labute approximate surface area is 95.4 Å². The first-order chi connectivity index (χ1) is 8.08. The van der Waals surface area contributed by atoms with Crippen LogP contribution in [0.3, 0.4) is 0 Å². The standard InChI is InChI=1S/C12H8FNO3/c13-8-3-1-2-7(6-8)11-9(12(16)17)4-5-10(15)14-11/h1-6H,(H,14,15)(H,16,17). The topological polar surface area (TPSA) is 70.2 Å². The number of pyridine rings is 1. The minimum atomic E-state index is -1.18. The van der Waals surface area contributed by atoms with E-state index in [0.717, 1.165) is 12.1 Å². The number of aromatic carboxylic acids is 1. The van der Waals surface area contributed by atoms with Crippen molar-refractivity contribution in [2.75, 3.05) is 0 Å². The third-order valence-electron chi connectivity index (χ3n) is 2.26. The highest BCUT2D eigenvalue weighted by Gasteiger charge is 2.12. The summed E-state index contributed by atoms with van der Waals surface area (Å²) in [5.74, 6) is -1.68. The molecular formula is C12H8FNO3. The van der Waals surface area contributed by atoms with Gasteiger partial charge in [-0.1, -0.05) is 12.1 Å². The zero-order valence-electron chi connectivity index (χ0n) is 8.61. The summed E-state index contributed by atoms with van der Waals surface area (Å²) in [5.41, 5.74) is -0.0888. The molecule has 86 valence electrons. The molecule has 0 unspecified atom stereocenters. The van der Waals surface area contributed by atoms with Crippen LogP contribution < -0.4 is 5.56 Å². The third kappa shape index (κ3) is 2.23. The first-order valence-corrected chi connectivity index (χ1v) is 4.80. The molecule has 0 saturated carbocycles. The quantitative estimate of drug-likeness (QED) is 0.831. The summed E-state index contributed by atoms with van der Waals surface area (Å²) in [6.07, 6.45) is 0. The van der Waals surface area contributed by atoms with E-state index in [2.05, 4.69) is 4.98 Å². The van der Waals surface area contributed by atoms with Crippen LogP contribution in [0.2, 0.25) is 0 Å². The van der Waals surface area contributed by atoms with Gasteiger partial charge < -0.3 is 10.1 Å². The van der Waals surface area contributed by atoms with E-state index < -0.39 is 17.3 Å². The number of hydrogen-bond donors (Lipinski definition) is 2. The number of rotatable bonds is 2. The summed E-state index contributed by atoms with van der Waals surface area (Å²) in [6.45, 7) is 0. The third-order valence-corrected chi connectivity index (χ3v) is 2.26. The maximum Gasteiger partial charge on any atom is 0.337 e. The molecule has 1 aromatic heterocycles. The summed E-state index contributed by atoms with van der Waals surface area (Å²) in [7, 11) is 0. The highest BCUT2D eigenvalue weighted by atomic mass is 19.1. The number of aromatic nitrogens is 1. The minimum absolute atomic E-state index is 0.0739. The molecule has 0 fully saturated rings. The Kier molecular flexibility index (Phi) is 2.74. The SMILES string of the molecule is O=C(O)c1ccc(=O)[nH]c1-c1cccc(F)c1. The van der Waals surface area contributed by atoms with E-state index in [9.17, 15) is 14.0 Å². The molecule has 1 aromatic carbocycles. The van der Waals surface area contributed by atoms with Gasteiger partial charge in [0.1, 0.15) is 5.82 Å². The summed E-state index contributed by atoms with van der Waals surface area (Å²) in [6, 6.07) is 7.69. The van der Waals surface area contributed by atoms with Crippen molar-refractivity contribution in [2.45, 2.75) is 0 Å². The molecule has 17 heavy (non-hydrogen) atoms. The van der Waals surface area contributed by atoms with E-state index in [1.54, 1.807) is 0 Å². The number of carboxylic acids is 1. The highest BCUT2D eigenvalue weighted by Crippen LogP contribution is 2.20. The summed E-state index contributed by atoms with van der Waals surface area (Å²) in [4.78, 5) is 24.6. The second-order valence-corrected chi connectivity index (χ2v) is 3.43. The van der Waals surface area contributed by atoms with Gasteiger partial charge in [-0.3, -0.25) is 4.79 Å². The average molecular weight is 233 g/mol. The lowest BCUT2D eigenvalue weighted by Crippen LogP contribution is -2.10. The number of halogens is 1. The maximum atomic E-state index is 13.0. The number of carboxylic acid groups (broad SMARTS) is 1. The van der Waals surface area contributed by atoms with Crippen molar-refractivity contribution >= 4 is 5.97 Å². The van der Waals surface area contributed by atoms with Crippen LogP contribution >= 0.6 is 0 Å². The maximum absolute atomic E-state index is 13.0. The molecule has 2 N–H and O–H groups in total. The van der Waals surface area contributed by atoms with E-state index in [1.807, 2.05) is 0 Å². The molecule has 5 heteroatoms. The van der Waals surface area contributed by atoms with Crippen LogP contribution in [0.25, 0.3) is 11.3 Å². The van der Waals surface area contributed by atoms with Crippen LogP contribution in [0, 0.1) is 5.82 Å². The van der Waals surface area contributed by atoms with Crippen LogP contribution in [0.4, 0.5) is 4.39 Å². The van der Waals surface area contributed by atoms with E-state index >= 15 is 0 Å². The molecule has 0 spiro atoms. The number of aromatic amines is 1. The van der Waals surface area contributed by atoms with Gasteiger partial charge in [-0.05, 0) is 18.2 Å². The predicted molar refractivity (Wildman–Crippen MR) is 59.4 cm³/mol. The highest BCUT2D eigenvalue weighted by molar-refractivity contribution is 5.94. The molecule has 4 nitrogen and oxygen atoms in total. The molecule has 0 aliphatic rings. The van der Waals surface area contributed by atoms with Crippen molar-refractivity contribution in [2.24, 2.45) is 0 Å². The molecule has 1 heterocycles. The summed E-state index contributed by atoms with van der Waals surface area (Å²) in [5, 5.41) is 8.97. The number of carbonyl (C=O) groups is 1. The Hall–Kier alpha value is -2.43. The van der Waals surface area contributed by atoms with Crippen LogP contribution in [-0.2, 0) is 0 Å². The van der Waals surface area contributed by atoms with Crippen molar-refractivity contribution < 1.29 is 14.3 Å².